The lowest BCUT2D eigenvalue weighted by molar-refractivity contribution is 0.438. The number of ether oxygens (including phenoxy) is 1. The van der Waals surface area contributed by atoms with Gasteiger partial charge >= 0.3 is 0 Å². The molecule has 1 atom stereocenters. The van der Waals surface area contributed by atoms with Crippen molar-refractivity contribution in [2.45, 2.75) is 18.8 Å². The van der Waals surface area contributed by atoms with Crippen LogP contribution in [-0.4, -0.2) is 9.13 Å². The molecular weight excluding hydrogens is 673 g/mol. The molecule has 4 nitrogen and oxygen atoms in total. The molecule has 0 saturated carbocycles. The van der Waals surface area contributed by atoms with Crippen LogP contribution in [-0.2, 0) is 5.41 Å². The standard InChI is InChI=1S/C51H34N2O2/c1-3-15-38-42(4-2)53-44-22-7-5-6-16-32(44)35-19-14-21-40(48(35)53)51(38)39-20-10-13-25-47(39)55-50-41(51)28-27-36-33-17-8-11-23-43(33)52(49(36)50)31-26-29-46-37(30-31)34-18-9-12-24-45(34)54-46/h3-6,8-30H,2,7H2,1H3/b15-3-. The predicted molar refractivity (Wildman–Crippen MR) is 227 cm³/mol. The van der Waals surface area contributed by atoms with Gasteiger partial charge in [-0.2, -0.15) is 0 Å². The Labute approximate surface area is 316 Å². The van der Waals surface area contributed by atoms with Gasteiger partial charge in [-0.3, -0.25) is 0 Å². The number of nitrogens with zero attached hydrogens (tertiary/aromatic N) is 2. The van der Waals surface area contributed by atoms with E-state index < -0.39 is 5.41 Å². The largest absolute Gasteiger partial charge is 0.456 e. The first-order valence-electron chi connectivity index (χ1n) is 19.0. The van der Waals surface area contributed by atoms with Crippen molar-refractivity contribution in [1.82, 2.24) is 9.13 Å². The normalized spacial score (nSPS) is 17.1. The SMILES string of the molecule is C=CC1=C(/C=C\C)C2(c3ccccc3Oc3c2ccc2c4ccccc4n(-c4ccc5oc6ccccc6c5c4)c32)c2cccc3c4c(n1c23)=CCC=CC=4. The smallest absolute Gasteiger partial charge is 0.156 e. The fraction of sp³-hybridized carbons (Fsp3) is 0.0588. The van der Waals surface area contributed by atoms with Crippen LogP contribution in [0.2, 0.25) is 0 Å². The molecule has 0 fully saturated rings. The topological polar surface area (TPSA) is 32.2 Å². The quantitative estimate of drug-likeness (QED) is 0.183. The van der Waals surface area contributed by atoms with E-state index in [4.69, 9.17) is 9.15 Å². The molecule has 3 aromatic heterocycles. The van der Waals surface area contributed by atoms with E-state index in [1.807, 2.05) is 12.1 Å². The van der Waals surface area contributed by atoms with Crippen molar-refractivity contribution in [3.63, 3.8) is 0 Å². The van der Waals surface area contributed by atoms with E-state index >= 15 is 0 Å². The van der Waals surface area contributed by atoms with Gasteiger partial charge in [-0.1, -0.05) is 128 Å². The van der Waals surface area contributed by atoms with Gasteiger partial charge in [0.25, 0.3) is 0 Å². The third-order valence-electron chi connectivity index (χ3n) is 12.1. The molecule has 4 heteroatoms. The second-order valence-corrected chi connectivity index (χ2v) is 14.7. The van der Waals surface area contributed by atoms with E-state index in [1.54, 1.807) is 0 Å². The van der Waals surface area contributed by atoms with Gasteiger partial charge in [-0.15, -0.1) is 0 Å². The van der Waals surface area contributed by atoms with Gasteiger partial charge in [0.05, 0.1) is 33.0 Å². The van der Waals surface area contributed by atoms with Crippen LogP contribution >= 0.6 is 0 Å². The Balaban J connectivity index is 1.28. The van der Waals surface area contributed by atoms with Gasteiger partial charge in [0.1, 0.15) is 16.9 Å². The molecule has 0 radical (unpaired) electrons. The summed E-state index contributed by atoms with van der Waals surface area (Å²) >= 11 is 0. The summed E-state index contributed by atoms with van der Waals surface area (Å²) in [6.07, 6.45) is 16.4. The van der Waals surface area contributed by atoms with Crippen LogP contribution < -0.4 is 15.3 Å². The fourth-order valence-corrected chi connectivity index (χ4v) is 10.0. The van der Waals surface area contributed by atoms with Crippen molar-refractivity contribution in [3.05, 3.63) is 191 Å². The van der Waals surface area contributed by atoms with Gasteiger partial charge in [0.15, 0.2) is 5.75 Å². The minimum atomic E-state index is -0.719. The van der Waals surface area contributed by atoms with Gasteiger partial charge in [-0.25, -0.2) is 0 Å². The molecule has 0 amide bonds. The molecule has 2 aliphatic heterocycles. The second kappa shape index (κ2) is 11.0. The molecule has 1 aliphatic carbocycles. The molecule has 3 aliphatic rings. The average molecular weight is 707 g/mol. The van der Waals surface area contributed by atoms with Crippen LogP contribution in [0, 0.1) is 0 Å². The van der Waals surface area contributed by atoms with Crippen molar-refractivity contribution in [3.8, 4) is 17.2 Å². The number of fused-ring (bicyclic) bond motifs is 15. The zero-order valence-electron chi connectivity index (χ0n) is 30.2. The number of benzene rings is 6. The monoisotopic (exact) mass is 706 g/mol. The summed E-state index contributed by atoms with van der Waals surface area (Å²) in [5.74, 6) is 1.70. The maximum atomic E-state index is 7.29. The molecule has 1 spiro atoms. The number of rotatable bonds is 3. The van der Waals surface area contributed by atoms with Crippen LogP contribution in [0.3, 0.4) is 0 Å². The van der Waals surface area contributed by atoms with E-state index in [0.717, 1.165) is 78.8 Å². The van der Waals surface area contributed by atoms with Crippen LogP contribution in [0.25, 0.3) is 78.2 Å². The van der Waals surface area contributed by atoms with E-state index in [-0.39, 0.29) is 0 Å². The molecule has 12 rings (SSSR count). The highest BCUT2D eigenvalue weighted by atomic mass is 16.5. The summed E-state index contributed by atoms with van der Waals surface area (Å²) in [6, 6.07) is 43.6. The van der Waals surface area contributed by atoms with Crippen molar-refractivity contribution in [2.75, 3.05) is 0 Å². The first-order chi connectivity index (χ1) is 27.2. The Hall–Kier alpha value is -7.04. The van der Waals surface area contributed by atoms with Crippen LogP contribution in [0.5, 0.6) is 11.5 Å². The number of hydrogen-bond donors (Lipinski definition) is 0. The number of furan rings is 1. The Bertz CT molecular complexity index is 3410. The van der Waals surface area contributed by atoms with E-state index in [1.165, 1.54) is 38.0 Å². The van der Waals surface area contributed by atoms with E-state index in [9.17, 15) is 0 Å². The van der Waals surface area contributed by atoms with E-state index in [0.29, 0.717) is 0 Å². The fourth-order valence-electron chi connectivity index (χ4n) is 10.0. The molecule has 6 aromatic carbocycles. The third-order valence-corrected chi connectivity index (χ3v) is 12.1. The molecule has 5 heterocycles. The lowest BCUT2D eigenvalue weighted by atomic mass is 9.61. The number of hydrogen-bond acceptors (Lipinski definition) is 2. The average Bonchev–Trinajstić information content (AvgIpc) is 3.80. The highest BCUT2D eigenvalue weighted by molar-refractivity contribution is 6.13. The van der Waals surface area contributed by atoms with Crippen molar-refractivity contribution >= 4 is 72.5 Å². The molecular formula is C51H34N2O2. The number of allylic oxidation sites excluding steroid dienone is 7. The summed E-state index contributed by atoms with van der Waals surface area (Å²) < 4.78 is 18.4. The first kappa shape index (κ1) is 30.4. The summed E-state index contributed by atoms with van der Waals surface area (Å²) in [5, 5.41) is 8.18. The zero-order valence-corrected chi connectivity index (χ0v) is 30.2. The minimum Gasteiger partial charge on any atom is -0.456 e. The van der Waals surface area contributed by atoms with Crippen LogP contribution in [0.1, 0.15) is 30.0 Å². The van der Waals surface area contributed by atoms with Crippen molar-refractivity contribution in [1.29, 1.82) is 0 Å². The molecule has 0 bridgehead atoms. The van der Waals surface area contributed by atoms with Crippen molar-refractivity contribution < 1.29 is 9.15 Å². The van der Waals surface area contributed by atoms with Crippen LogP contribution in [0.15, 0.2) is 168 Å². The second-order valence-electron chi connectivity index (χ2n) is 14.7. The summed E-state index contributed by atoms with van der Waals surface area (Å²) in [4.78, 5) is 0. The van der Waals surface area contributed by atoms with Crippen LogP contribution in [0.4, 0.5) is 0 Å². The Morgan fingerprint density at radius 2 is 1.49 bits per heavy atom. The zero-order chi connectivity index (χ0) is 36.4. The third kappa shape index (κ3) is 3.76. The molecule has 9 aromatic rings. The summed E-state index contributed by atoms with van der Waals surface area (Å²) in [6.45, 7) is 6.61. The Morgan fingerprint density at radius 1 is 0.691 bits per heavy atom. The lowest BCUT2D eigenvalue weighted by Gasteiger charge is -2.45. The van der Waals surface area contributed by atoms with Gasteiger partial charge in [0.2, 0.25) is 0 Å². The Kier molecular flexibility index (Phi) is 6.09. The predicted octanol–water partition coefficient (Wildman–Crippen LogP) is 11.6. The molecule has 0 N–H and O–H groups in total. The summed E-state index contributed by atoms with van der Waals surface area (Å²) in [5.41, 5.74) is 11.1. The molecule has 55 heavy (non-hydrogen) atoms. The molecule has 1 unspecified atom stereocenters. The number of aromatic nitrogens is 2. The number of para-hydroxylation sites is 4. The lowest BCUT2D eigenvalue weighted by Crippen LogP contribution is -2.39. The highest BCUT2D eigenvalue weighted by Crippen LogP contribution is 2.61. The maximum Gasteiger partial charge on any atom is 0.156 e. The highest BCUT2D eigenvalue weighted by Gasteiger charge is 2.51. The van der Waals surface area contributed by atoms with Crippen molar-refractivity contribution in [2.24, 2.45) is 0 Å². The van der Waals surface area contributed by atoms with Gasteiger partial charge < -0.3 is 18.3 Å². The van der Waals surface area contributed by atoms with Gasteiger partial charge in [-0.05, 0) is 67.0 Å². The minimum absolute atomic E-state index is 0.719. The molecule has 260 valence electrons. The first-order valence-corrected chi connectivity index (χ1v) is 19.0. The van der Waals surface area contributed by atoms with E-state index in [2.05, 4.69) is 174 Å². The van der Waals surface area contributed by atoms with Gasteiger partial charge in [0, 0.05) is 49.0 Å². The molecule has 0 saturated heterocycles. The summed E-state index contributed by atoms with van der Waals surface area (Å²) in [7, 11) is 0. The Morgan fingerprint density at radius 3 is 2.40 bits per heavy atom. The maximum absolute atomic E-state index is 7.29.